The minimum absolute atomic E-state index is 0.0217. The van der Waals surface area contributed by atoms with Crippen molar-refractivity contribution in [2.75, 3.05) is 5.75 Å². The summed E-state index contributed by atoms with van der Waals surface area (Å²) in [5.74, 6) is 0.577. The van der Waals surface area contributed by atoms with Gasteiger partial charge < -0.3 is 0 Å². The number of rotatable bonds is 5. The van der Waals surface area contributed by atoms with Crippen molar-refractivity contribution in [2.45, 2.75) is 24.2 Å². The third kappa shape index (κ3) is 4.82. The second kappa shape index (κ2) is 8.74. The summed E-state index contributed by atoms with van der Waals surface area (Å²) in [5.41, 5.74) is 3.21. The number of benzene rings is 2. The molecule has 0 atom stereocenters. The van der Waals surface area contributed by atoms with E-state index in [1.54, 1.807) is 6.08 Å². The number of alkyl halides is 3. The van der Waals surface area contributed by atoms with Crippen molar-refractivity contribution in [3.8, 4) is 16.9 Å². The van der Waals surface area contributed by atoms with Crippen LogP contribution in [0.15, 0.2) is 89.2 Å². The minimum Gasteiger partial charge on any atom is -0.294 e. The number of hydrogen-bond donors (Lipinski definition) is 0. The summed E-state index contributed by atoms with van der Waals surface area (Å²) in [4.78, 5) is 4.79. The molecule has 1 aromatic heterocycles. The highest BCUT2D eigenvalue weighted by molar-refractivity contribution is 7.99. The van der Waals surface area contributed by atoms with Crippen LogP contribution in [0.2, 0.25) is 5.02 Å². The maximum absolute atomic E-state index is 12.8. The van der Waals surface area contributed by atoms with Crippen LogP contribution in [-0.2, 0) is 0 Å². The van der Waals surface area contributed by atoms with E-state index in [0.717, 1.165) is 27.7 Å². The Kier molecular flexibility index (Phi) is 6.06. The first-order valence-electron chi connectivity index (χ1n) is 9.39. The molecule has 1 heterocycles. The van der Waals surface area contributed by atoms with Crippen LogP contribution in [-0.4, -0.2) is 21.5 Å². The zero-order chi connectivity index (χ0) is 21.1. The molecule has 154 valence electrons. The molecular weight excluding hydrogens is 429 g/mol. The average molecular weight is 447 g/mol. The SMILES string of the molecule is FC(F)(F)C1=CC=C(CSc2nc(-c3ccccc3)cn2-c2cccc(Cl)c2)CC1. The molecule has 0 spiro atoms. The summed E-state index contributed by atoms with van der Waals surface area (Å²) < 4.78 is 40.5. The van der Waals surface area contributed by atoms with E-state index in [0.29, 0.717) is 17.2 Å². The summed E-state index contributed by atoms with van der Waals surface area (Å²) in [6, 6.07) is 17.3. The fourth-order valence-electron chi connectivity index (χ4n) is 3.22. The summed E-state index contributed by atoms with van der Waals surface area (Å²) in [5, 5.41) is 1.39. The van der Waals surface area contributed by atoms with Crippen LogP contribution in [0.5, 0.6) is 0 Å². The molecule has 0 radical (unpaired) electrons. The summed E-state index contributed by atoms with van der Waals surface area (Å²) >= 11 is 7.68. The van der Waals surface area contributed by atoms with Crippen LogP contribution in [0.3, 0.4) is 0 Å². The fraction of sp³-hybridized carbons (Fsp3) is 0.174. The maximum Gasteiger partial charge on any atom is 0.412 e. The largest absolute Gasteiger partial charge is 0.412 e. The molecule has 2 aromatic carbocycles. The molecule has 4 rings (SSSR count). The fourth-order valence-corrected chi connectivity index (χ4v) is 4.42. The molecule has 0 N–H and O–H groups in total. The predicted molar refractivity (Wildman–Crippen MR) is 116 cm³/mol. The number of allylic oxidation sites excluding steroid dienone is 3. The number of nitrogens with zero attached hydrogens (tertiary/aromatic N) is 2. The molecular formula is C23H18ClF3N2S. The second-order valence-electron chi connectivity index (χ2n) is 6.93. The lowest BCUT2D eigenvalue weighted by atomic mass is 9.99. The average Bonchev–Trinajstić information content (AvgIpc) is 3.17. The van der Waals surface area contributed by atoms with Gasteiger partial charge in [0.2, 0.25) is 0 Å². The van der Waals surface area contributed by atoms with Gasteiger partial charge in [0.1, 0.15) is 0 Å². The smallest absolute Gasteiger partial charge is 0.294 e. The molecule has 30 heavy (non-hydrogen) atoms. The summed E-state index contributed by atoms with van der Waals surface area (Å²) in [7, 11) is 0. The van der Waals surface area contributed by atoms with Crippen LogP contribution >= 0.6 is 23.4 Å². The highest BCUT2D eigenvalue weighted by atomic mass is 35.5. The highest BCUT2D eigenvalue weighted by Gasteiger charge is 2.33. The Labute approximate surface area is 182 Å². The molecule has 0 bridgehead atoms. The zero-order valence-electron chi connectivity index (χ0n) is 15.9. The van der Waals surface area contributed by atoms with Gasteiger partial charge in [0.25, 0.3) is 0 Å². The number of imidazole rings is 1. The van der Waals surface area contributed by atoms with E-state index < -0.39 is 11.7 Å². The number of aromatic nitrogens is 2. The summed E-state index contributed by atoms with van der Waals surface area (Å²) in [6.45, 7) is 0. The number of hydrogen-bond acceptors (Lipinski definition) is 2. The van der Waals surface area contributed by atoms with Crippen molar-refractivity contribution >= 4 is 23.4 Å². The van der Waals surface area contributed by atoms with Gasteiger partial charge in [-0.1, -0.05) is 77.5 Å². The van der Waals surface area contributed by atoms with Gasteiger partial charge in [-0.15, -0.1) is 0 Å². The molecule has 0 saturated heterocycles. The molecule has 3 aromatic rings. The number of halogens is 4. The Morgan fingerprint density at radius 3 is 2.47 bits per heavy atom. The van der Waals surface area contributed by atoms with E-state index in [2.05, 4.69) is 0 Å². The van der Waals surface area contributed by atoms with Crippen molar-refractivity contribution in [2.24, 2.45) is 0 Å². The molecule has 2 nitrogen and oxygen atoms in total. The van der Waals surface area contributed by atoms with Crippen molar-refractivity contribution in [1.82, 2.24) is 9.55 Å². The van der Waals surface area contributed by atoms with E-state index in [4.69, 9.17) is 16.6 Å². The van der Waals surface area contributed by atoms with Gasteiger partial charge >= 0.3 is 6.18 Å². The normalized spacial score (nSPS) is 14.4. The van der Waals surface area contributed by atoms with Gasteiger partial charge in [0, 0.05) is 33.8 Å². The first kappa shape index (κ1) is 20.8. The van der Waals surface area contributed by atoms with Gasteiger partial charge in [0.05, 0.1) is 5.69 Å². The Morgan fingerprint density at radius 2 is 1.80 bits per heavy atom. The molecule has 1 aliphatic rings. The molecule has 0 amide bonds. The third-order valence-corrected chi connectivity index (χ3v) is 6.11. The van der Waals surface area contributed by atoms with E-state index in [-0.39, 0.29) is 6.42 Å². The van der Waals surface area contributed by atoms with Crippen LogP contribution in [0.4, 0.5) is 13.2 Å². The predicted octanol–water partition coefficient (Wildman–Crippen LogP) is 7.49. The van der Waals surface area contributed by atoms with Crippen molar-refractivity contribution in [3.05, 3.63) is 89.1 Å². The first-order valence-corrected chi connectivity index (χ1v) is 10.8. The molecule has 7 heteroatoms. The first-order chi connectivity index (χ1) is 14.4. The highest BCUT2D eigenvalue weighted by Crippen LogP contribution is 2.35. The monoisotopic (exact) mass is 446 g/mol. The molecule has 0 unspecified atom stereocenters. The van der Waals surface area contributed by atoms with Gasteiger partial charge in [-0.05, 0) is 31.0 Å². The van der Waals surface area contributed by atoms with Crippen LogP contribution in [0.1, 0.15) is 12.8 Å². The maximum atomic E-state index is 12.8. The molecule has 1 aliphatic carbocycles. The molecule has 0 saturated carbocycles. The van der Waals surface area contributed by atoms with Crippen LogP contribution in [0.25, 0.3) is 16.9 Å². The quantitative estimate of drug-likeness (QED) is 0.378. The second-order valence-corrected chi connectivity index (χ2v) is 8.31. The Bertz CT molecular complexity index is 1100. The Morgan fingerprint density at radius 1 is 1.00 bits per heavy atom. The third-order valence-electron chi connectivity index (χ3n) is 4.82. The minimum atomic E-state index is -4.25. The lowest BCUT2D eigenvalue weighted by molar-refractivity contribution is -0.0941. The van der Waals surface area contributed by atoms with Crippen LogP contribution < -0.4 is 0 Å². The van der Waals surface area contributed by atoms with Gasteiger partial charge in [-0.2, -0.15) is 13.2 Å². The van der Waals surface area contributed by atoms with Crippen molar-refractivity contribution in [3.63, 3.8) is 0 Å². The zero-order valence-corrected chi connectivity index (χ0v) is 17.4. The molecule has 0 fully saturated rings. The lowest BCUT2D eigenvalue weighted by Gasteiger charge is -2.16. The van der Waals surface area contributed by atoms with Crippen molar-refractivity contribution in [1.29, 1.82) is 0 Å². The lowest BCUT2D eigenvalue weighted by Crippen LogP contribution is -2.14. The Hall–Kier alpha value is -2.44. The topological polar surface area (TPSA) is 17.8 Å². The number of thioether (sulfide) groups is 1. The van der Waals surface area contributed by atoms with E-state index in [1.165, 1.54) is 17.8 Å². The van der Waals surface area contributed by atoms with Gasteiger partial charge in [0.15, 0.2) is 5.16 Å². The summed E-state index contributed by atoms with van der Waals surface area (Å²) in [6.07, 6.45) is 0.917. The standard InChI is InChI=1S/C23H18ClF3N2S/c24-19-7-4-8-20(13-19)29-14-21(17-5-2-1-3-6-17)28-22(29)30-15-16-9-11-18(12-10-16)23(25,26)27/h1-9,11,13-14H,10,12,15H2. The van der Waals surface area contributed by atoms with E-state index in [9.17, 15) is 13.2 Å². The Balaban J connectivity index is 1.61. The van der Waals surface area contributed by atoms with Gasteiger partial charge in [-0.25, -0.2) is 4.98 Å². The van der Waals surface area contributed by atoms with E-state index >= 15 is 0 Å². The van der Waals surface area contributed by atoms with Crippen LogP contribution in [0, 0.1) is 0 Å². The van der Waals surface area contributed by atoms with Crippen molar-refractivity contribution < 1.29 is 13.2 Å². The van der Waals surface area contributed by atoms with Gasteiger partial charge in [-0.3, -0.25) is 4.57 Å². The molecule has 0 aliphatic heterocycles. The van der Waals surface area contributed by atoms with E-state index in [1.807, 2.05) is 65.4 Å².